The zero-order valence-electron chi connectivity index (χ0n) is 14.5. The van der Waals surface area contributed by atoms with Crippen molar-refractivity contribution in [3.05, 3.63) is 76.7 Å². The molecule has 0 aliphatic carbocycles. The van der Waals surface area contributed by atoms with Crippen molar-refractivity contribution >= 4 is 0 Å². The van der Waals surface area contributed by atoms with Crippen molar-refractivity contribution in [2.45, 2.75) is 18.8 Å². The lowest BCUT2D eigenvalue weighted by Crippen LogP contribution is -2.23. The number of aromatic nitrogens is 2. The van der Waals surface area contributed by atoms with E-state index in [0.717, 1.165) is 6.07 Å². The van der Waals surface area contributed by atoms with E-state index in [0.29, 0.717) is 17.9 Å². The Labute approximate surface area is 158 Å². The third-order valence-electron chi connectivity index (χ3n) is 4.33. The maximum Gasteiger partial charge on any atom is 0.417 e. The Balaban J connectivity index is 1.50. The topological polar surface area (TPSA) is 53.4 Å². The summed E-state index contributed by atoms with van der Waals surface area (Å²) in [4.78, 5) is 15.0. The van der Waals surface area contributed by atoms with E-state index in [-0.39, 0.29) is 29.8 Å². The molecule has 28 heavy (non-hydrogen) atoms. The normalized spacial score (nSPS) is 15.8. The number of hydrogen-bond donors (Lipinski definition) is 0. The molecule has 4 rings (SSSR count). The first-order chi connectivity index (χ1) is 13.4. The van der Waals surface area contributed by atoms with Gasteiger partial charge in [-0.1, -0.05) is 30.3 Å². The molecule has 5 nitrogen and oxygen atoms in total. The van der Waals surface area contributed by atoms with Gasteiger partial charge in [0.05, 0.1) is 12.1 Å². The van der Waals surface area contributed by atoms with Crippen LogP contribution in [0.2, 0.25) is 0 Å². The number of ether oxygens (including phenoxy) is 2. The lowest BCUT2D eigenvalue weighted by Gasteiger charge is -2.15. The zero-order chi connectivity index (χ0) is 19.7. The molecule has 0 bridgehead atoms. The highest BCUT2D eigenvalue weighted by Gasteiger charge is 2.33. The van der Waals surface area contributed by atoms with E-state index in [4.69, 9.17) is 9.47 Å². The van der Waals surface area contributed by atoms with Crippen LogP contribution in [0.5, 0.6) is 11.8 Å². The molecule has 2 heterocycles. The van der Waals surface area contributed by atoms with Crippen molar-refractivity contribution in [3.8, 4) is 22.9 Å². The second-order valence-electron chi connectivity index (χ2n) is 6.32. The minimum Gasteiger partial charge on any atom is -0.490 e. The van der Waals surface area contributed by atoms with Gasteiger partial charge in [0.2, 0.25) is 0 Å². The van der Waals surface area contributed by atoms with E-state index >= 15 is 0 Å². The molecule has 1 unspecified atom stereocenters. The van der Waals surface area contributed by atoms with Crippen molar-refractivity contribution < 1.29 is 22.6 Å². The molecule has 3 aromatic rings. The van der Waals surface area contributed by atoms with Crippen molar-refractivity contribution in [1.82, 2.24) is 9.55 Å². The van der Waals surface area contributed by atoms with E-state index in [1.807, 2.05) is 0 Å². The number of nitrogens with zero attached hydrogens (tertiary/aromatic N) is 2. The van der Waals surface area contributed by atoms with Crippen LogP contribution in [0, 0.1) is 0 Å². The first kappa shape index (κ1) is 18.1. The average molecular weight is 388 g/mol. The minimum atomic E-state index is -4.44. The van der Waals surface area contributed by atoms with Gasteiger partial charge in [-0.3, -0.25) is 9.36 Å². The molecule has 0 spiro atoms. The highest BCUT2D eigenvalue weighted by Crippen LogP contribution is 2.37. The molecular formula is C20H15F3N2O3. The number of benzene rings is 2. The van der Waals surface area contributed by atoms with Gasteiger partial charge in [0, 0.05) is 12.3 Å². The maximum atomic E-state index is 13.3. The third kappa shape index (κ3) is 3.71. The van der Waals surface area contributed by atoms with Gasteiger partial charge in [-0.05, 0) is 29.3 Å². The molecule has 1 atom stereocenters. The second kappa shape index (κ2) is 7.03. The molecule has 2 aromatic carbocycles. The summed E-state index contributed by atoms with van der Waals surface area (Å²) < 4.78 is 52.8. The lowest BCUT2D eigenvalue weighted by molar-refractivity contribution is -0.137. The summed E-state index contributed by atoms with van der Waals surface area (Å²) in [6.45, 7) is 0.640. The van der Waals surface area contributed by atoms with Gasteiger partial charge in [0.25, 0.3) is 11.6 Å². The zero-order valence-corrected chi connectivity index (χ0v) is 14.5. The number of fused-ring (bicyclic) bond motifs is 1. The van der Waals surface area contributed by atoms with Crippen molar-refractivity contribution in [3.63, 3.8) is 0 Å². The summed E-state index contributed by atoms with van der Waals surface area (Å²) in [5.41, 5.74) is -0.581. The summed E-state index contributed by atoms with van der Waals surface area (Å²) in [7, 11) is 0. The number of rotatable bonds is 4. The van der Waals surface area contributed by atoms with Crippen LogP contribution in [-0.4, -0.2) is 22.3 Å². The van der Waals surface area contributed by atoms with Gasteiger partial charge in [0.15, 0.2) is 6.10 Å². The number of alkyl halides is 3. The maximum absolute atomic E-state index is 13.3. The first-order valence-electron chi connectivity index (χ1n) is 8.54. The van der Waals surface area contributed by atoms with Gasteiger partial charge >= 0.3 is 6.18 Å². The van der Waals surface area contributed by atoms with Crippen LogP contribution < -0.4 is 15.0 Å². The van der Waals surface area contributed by atoms with Crippen molar-refractivity contribution in [2.75, 3.05) is 6.61 Å². The lowest BCUT2D eigenvalue weighted by atomic mass is 9.99. The molecule has 144 valence electrons. The van der Waals surface area contributed by atoms with Crippen LogP contribution in [0.15, 0.2) is 65.6 Å². The molecule has 0 radical (unpaired) electrons. The Bertz CT molecular complexity index is 1060. The number of hydrogen-bond acceptors (Lipinski definition) is 4. The Hall–Kier alpha value is -3.29. The molecule has 0 saturated heterocycles. The van der Waals surface area contributed by atoms with Gasteiger partial charge in [0.1, 0.15) is 12.4 Å². The summed E-state index contributed by atoms with van der Waals surface area (Å²) in [6.07, 6.45) is -3.19. The molecule has 1 aliphatic rings. The van der Waals surface area contributed by atoms with Gasteiger partial charge in [-0.25, -0.2) is 0 Å². The standard InChI is InChI=1S/C20H15F3N2O3/c21-20(22,23)17-7-2-1-6-16(17)13-4-3-5-14(10-13)27-12-15-11-25-9-8-18(26)24-19(25)28-15/h1-10,15H,11-12H2. The summed E-state index contributed by atoms with van der Waals surface area (Å²) in [5, 5.41) is 0. The largest absolute Gasteiger partial charge is 0.490 e. The smallest absolute Gasteiger partial charge is 0.417 e. The quantitative estimate of drug-likeness (QED) is 0.683. The highest BCUT2D eigenvalue weighted by molar-refractivity contribution is 5.69. The van der Waals surface area contributed by atoms with Crippen molar-refractivity contribution in [2.24, 2.45) is 0 Å². The fourth-order valence-corrected chi connectivity index (χ4v) is 3.06. The Morgan fingerprint density at radius 2 is 1.96 bits per heavy atom. The Kier molecular flexibility index (Phi) is 4.54. The van der Waals surface area contributed by atoms with Crippen LogP contribution in [0.4, 0.5) is 13.2 Å². The van der Waals surface area contributed by atoms with Crippen LogP contribution >= 0.6 is 0 Å². The third-order valence-corrected chi connectivity index (χ3v) is 4.33. The molecule has 0 amide bonds. The predicted molar refractivity (Wildman–Crippen MR) is 95.3 cm³/mol. The Morgan fingerprint density at radius 3 is 2.79 bits per heavy atom. The fraction of sp³-hybridized carbons (Fsp3) is 0.200. The molecule has 1 aliphatic heterocycles. The van der Waals surface area contributed by atoms with E-state index in [1.165, 1.54) is 18.2 Å². The molecule has 8 heteroatoms. The number of halogens is 3. The predicted octanol–water partition coefficient (Wildman–Crippen LogP) is 3.77. The second-order valence-corrected chi connectivity index (χ2v) is 6.32. The summed E-state index contributed by atoms with van der Waals surface area (Å²) >= 11 is 0. The molecule has 0 N–H and O–H groups in total. The van der Waals surface area contributed by atoms with Gasteiger partial charge in [-0.15, -0.1) is 0 Å². The van der Waals surface area contributed by atoms with E-state index in [9.17, 15) is 18.0 Å². The SMILES string of the molecule is O=c1ccn2c(n1)OC(COc1cccc(-c3ccccc3C(F)(F)F)c1)C2. The highest BCUT2D eigenvalue weighted by atomic mass is 19.4. The van der Waals surface area contributed by atoms with E-state index in [2.05, 4.69) is 4.98 Å². The fourth-order valence-electron chi connectivity index (χ4n) is 3.06. The minimum absolute atomic E-state index is 0.0905. The van der Waals surface area contributed by atoms with E-state index in [1.54, 1.807) is 41.1 Å². The van der Waals surface area contributed by atoms with Crippen LogP contribution in [0.1, 0.15) is 5.56 Å². The molecular weight excluding hydrogens is 373 g/mol. The molecule has 1 aromatic heterocycles. The van der Waals surface area contributed by atoms with E-state index < -0.39 is 11.7 Å². The summed E-state index contributed by atoms with van der Waals surface area (Å²) in [6, 6.07) is 13.5. The monoisotopic (exact) mass is 388 g/mol. The van der Waals surface area contributed by atoms with Crippen LogP contribution in [0.25, 0.3) is 11.1 Å². The molecule has 0 saturated carbocycles. The van der Waals surface area contributed by atoms with Gasteiger partial charge < -0.3 is 9.47 Å². The first-order valence-corrected chi connectivity index (χ1v) is 8.54. The van der Waals surface area contributed by atoms with Gasteiger partial charge in [-0.2, -0.15) is 18.2 Å². The van der Waals surface area contributed by atoms with Crippen LogP contribution in [0.3, 0.4) is 0 Å². The summed E-state index contributed by atoms with van der Waals surface area (Å²) in [5.74, 6) is 0.427. The average Bonchev–Trinajstić information content (AvgIpc) is 3.08. The van der Waals surface area contributed by atoms with Crippen molar-refractivity contribution in [1.29, 1.82) is 0 Å². The Morgan fingerprint density at radius 1 is 1.14 bits per heavy atom. The van der Waals surface area contributed by atoms with Crippen LogP contribution in [-0.2, 0) is 12.7 Å². The molecule has 0 fully saturated rings.